The number of carbonyl (C=O) groups excluding carboxylic acids is 3. The Morgan fingerprint density at radius 2 is 1.35 bits per heavy atom. The average molecular weight is 290 g/mol. The van der Waals surface area contributed by atoms with Gasteiger partial charge >= 0.3 is 17.9 Å². The first kappa shape index (κ1) is 18.5. The highest BCUT2D eigenvalue weighted by Crippen LogP contribution is 2.21. The van der Waals surface area contributed by atoms with Crippen molar-refractivity contribution in [2.24, 2.45) is 0 Å². The molecule has 0 spiro atoms. The van der Waals surface area contributed by atoms with Crippen LogP contribution < -0.4 is 0 Å². The van der Waals surface area contributed by atoms with Gasteiger partial charge in [-0.3, -0.25) is 19.1 Å². The lowest BCUT2D eigenvalue weighted by Crippen LogP contribution is -2.52. The molecule has 0 rings (SSSR count). The van der Waals surface area contributed by atoms with E-state index in [9.17, 15) is 14.4 Å². The van der Waals surface area contributed by atoms with Gasteiger partial charge < -0.3 is 14.2 Å². The first-order valence-electron chi connectivity index (χ1n) is 6.31. The van der Waals surface area contributed by atoms with Crippen molar-refractivity contribution in [1.29, 1.82) is 0 Å². The third kappa shape index (κ3) is 6.63. The van der Waals surface area contributed by atoms with Gasteiger partial charge in [0.25, 0.3) is 5.78 Å². The number of Topliss-reactive ketones (excluding diaryl/α,β-unsaturated/α-hetero) is 1. The molecule has 20 heavy (non-hydrogen) atoms. The van der Waals surface area contributed by atoms with Crippen molar-refractivity contribution in [3.63, 3.8) is 0 Å². The average Bonchev–Trinajstić information content (AvgIpc) is 2.22. The molecule has 0 N–H and O–H groups in total. The van der Waals surface area contributed by atoms with Crippen LogP contribution in [0.3, 0.4) is 0 Å². The quantitative estimate of drug-likeness (QED) is 0.490. The zero-order valence-electron chi connectivity index (χ0n) is 12.7. The molecule has 0 atom stereocenters. The van der Waals surface area contributed by atoms with E-state index in [2.05, 4.69) is 0 Å². The normalized spacial score (nSPS) is 11.6. The fourth-order valence-corrected chi connectivity index (χ4v) is 1.27. The van der Waals surface area contributed by atoms with Gasteiger partial charge in [0.1, 0.15) is 6.61 Å². The predicted molar refractivity (Wildman–Crippen MR) is 68.6 cm³/mol. The van der Waals surface area contributed by atoms with Crippen molar-refractivity contribution in [2.75, 3.05) is 6.61 Å². The number of rotatable bonds is 8. The minimum atomic E-state index is -2.40. The third-order valence-electron chi connectivity index (χ3n) is 1.84. The fourth-order valence-electron chi connectivity index (χ4n) is 1.27. The zero-order valence-corrected chi connectivity index (χ0v) is 12.7. The lowest BCUT2D eigenvalue weighted by atomic mass is 10.3. The molecule has 0 aliphatic rings. The molecule has 0 radical (unpaired) electrons. The monoisotopic (exact) mass is 290 g/mol. The molecule has 0 aromatic heterocycles. The van der Waals surface area contributed by atoms with Gasteiger partial charge in [0.15, 0.2) is 0 Å². The van der Waals surface area contributed by atoms with E-state index in [4.69, 9.17) is 18.9 Å². The fraction of sp³-hybridized carbons (Fsp3) is 0.769. The van der Waals surface area contributed by atoms with Crippen LogP contribution in [0.1, 0.15) is 41.5 Å². The standard InChI is InChI=1S/C13H22O7/c1-8(2)17-7-12(16)13(18-9(3)4,19-10(5)14)20-11(6)15/h8-9H,7H2,1-6H3. The van der Waals surface area contributed by atoms with Gasteiger partial charge in [0.2, 0.25) is 0 Å². The summed E-state index contributed by atoms with van der Waals surface area (Å²) in [6, 6.07) is 0. The van der Waals surface area contributed by atoms with E-state index in [0.717, 1.165) is 13.8 Å². The SMILES string of the molecule is CC(=O)OC(OC(C)=O)(OC(C)C)C(=O)COC(C)C. The van der Waals surface area contributed by atoms with Crippen molar-refractivity contribution in [2.45, 2.75) is 59.7 Å². The van der Waals surface area contributed by atoms with Crippen LogP contribution in [0.25, 0.3) is 0 Å². The molecule has 0 unspecified atom stereocenters. The molecular weight excluding hydrogens is 268 g/mol. The molecule has 7 heteroatoms. The molecule has 7 nitrogen and oxygen atoms in total. The van der Waals surface area contributed by atoms with E-state index in [-0.39, 0.29) is 6.10 Å². The maximum Gasteiger partial charge on any atom is 0.443 e. The van der Waals surface area contributed by atoms with Gasteiger partial charge in [0, 0.05) is 13.8 Å². The van der Waals surface area contributed by atoms with Crippen molar-refractivity contribution >= 4 is 17.7 Å². The van der Waals surface area contributed by atoms with E-state index < -0.39 is 36.4 Å². The Morgan fingerprint density at radius 1 is 0.900 bits per heavy atom. The molecule has 0 heterocycles. The first-order valence-corrected chi connectivity index (χ1v) is 6.31. The molecular formula is C13H22O7. The Kier molecular flexibility index (Phi) is 7.38. The van der Waals surface area contributed by atoms with Crippen LogP contribution in [0.4, 0.5) is 0 Å². The van der Waals surface area contributed by atoms with E-state index >= 15 is 0 Å². The number of ketones is 1. The molecule has 0 amide bonds. The summed E-state index contributed by atoms with van der Waals surface area (Å²) in [6.45, 7) is 8.43. The van der Waals surface area contributed by atoms with Crippen molar-refractivity contribution in [3.05, 3.63) is 0 Å². The second kappa shape index (κ2) is 7.96. The second-order valence-corrected chi connectivity index (χ2v) is 4.69. The number of esters is 2. The van der Waals surface area contributed by atoms with Crippen molar-refractivity contribution < 1.29 is 33.3 Å². The van der Waals surface area contributed by atoms with Crippen LogP contribution in [0, 0.1) is 0 Å². The largest absolute Gasteiger partial charge is 0.443 e. The Balaban J connectivity index is 5.27. The summed E-state index contributed by atoms with van der Waals surface area (Å²) in [4.78, 5) is 34.5. The summed E-state index contributed by atoms with van der Waals surface area (Å²) < 4.78 is 20.0. The maximum absolute atomic E-state index is 12.2. The smallest absolute Gasteiger partial charge is 0.392 e. The van der Waals surface area contributed by atoms with E-state index in [1.807, 2.05) is 0 Å². The predicted octanol–water partition coefficient (Wildman–Crippen LogP) is 1.19. The van der Waals surface area contributed by atoms with Gasteiger partial charge in [-0.05, 0) is 27.7 Å². The Bertz CT molecular complexity index is 344. The minimum Gasteiger partial charge on any atom is -0.392 e. The Morgan fingerprint density at radius 3 is 1.65 bits per heavy atom. The summed E-state index contributed by atoms with van der Waals surface area (Å²) in [5.74, 6) is -4.83. The number of hydrogen-bond acceptors (Lipinski definition) is 7. The first-order chi connectivity index (χ1) is 9.09. The van der Waals surface area contributed by atoms with Gasteiger partial charge in [0.05, 0.1) is 12.2 Å². The molecule has 0 saturated heterocycles. The molecule has 0 bridgehead atoms. The van der Waals surface area contributed by atoms with Gasteiger partial charge in [-0.15, -0.1) is 0 Å². The highest BCUT2D eigenvalue weighted by atomic mass is 16.9. The molecule has 0 saturated carbocycles. The molecule has 0 fully saturated rings. The van der Waals surface area contributed by atoms with Crippen LogP contribution in [0.2, 0.25) is 0 Å². The van der Waals surface area contributed by atoms with Crippen LogP contribution in [0.5, 0.6) is 0 Å². The van der Waals surface area contributed by atoms with E-state index in [1.165, 1.54) is 0 Å². The van der Waals surface area contributed by atoms with Gasteiger partial charge in [-0.2, -0.15) is 0 Å². The number of carbonyl (C=O) groups is 3. The number of ether oxygens (including phenoxy) is 4. The maximum atomic E-state index is 12.2. The minimum absolute atomic E-state index is 0.217. The van der Waals surface area contributed by atoms with E-state index in [1.54, 1.807) is 27.7 Å². The van der Waals surface area contributed by atoms with Gasteiger partial charge in [-0.25, -0.2) is 0 Å². The summed E-state index contributed by atoms with van der Waals surface area (Å²) in [5.41, 5.74) is 0. The van der Waals surface area contributed by atoms with Crippen LogP contribution in [-0.2, 0) is 33.3 Å². The summed E-state index contributed by atoms with van der Waals surface area (Å²) in [6.07, 6.45) is -0.734. The van der Waals surface area contributed by atoms with Crippen molar-refractivity contribution in [3.8, 4) is 0 Å². The lowest BCUT2D eigenvalue weighted by molar-refractivity contribution is -0.333. The van der Waals surface area contributed by atoms with E-state index in [0.29, 0.717) is 0 Å². The van der Waals surface area contributed by atoms with Crippen LogP contribution in [-0.4, -0.2) is 42.5 Å². The second-order valence-electron chi connectivity index (χ2n) is 4.69. The number of hydrogen-bond donors (Lipinski definition) is 0. The zero-order chi connectivity index (χ0) is 15.9. The molecule has 116 valence electrons. The molecule has 0 aromatic carbocycles. The Hall–Kier alpha value is -1.47. The Labute approximate surface area is 118 Å². The third-order valence-corrected chi connectivity index (χ3v) is 1.84. The van der Waals surface area contributed by atoms with Crippen LogP contribution in [0.15, 0.2) is 0 Å². The van der Waals surface area contributed by atoms with Crippen LogP contribution >= 0.6 is 0 Å². The summed E-state index contributed by atoms with van der Waals surface area (Å²) >= 11 is 0. The summed E-state index contributed by atoms with van der Waals surface area (Å²) in [5, 5.41) is 0. The molecule has 0 aliphatic heterocycles. The topological polar surface area (TPSA) is 88.1 Å². The van der Waals surface area contributed by atoms with Gasteiger partial charge in [-0.1, -0.05) is 0 Å². The molecule has 0 aromatic rings. The molecule has 0 aliphatic carbocycles. The van der Waals surface area contributed by atoms with Crippen molar-refractivity contribution in [1.82, 2.24) is 0 Å². The highest BCUT2D eigenvalue weighted by Gasteiger charge is 2.48. The lowest BCUT2D eigenvalue weighted by Gasteiger charge is -2.31. The highest BCUT2D eigenvalue weighted by molar-refractivity contribution is 5.89. The summed E-state index contributed by atoms with van der Waals surface area (Å²) in [7, 11) is 0.